The molecule has 0 radical (unpaired) electrons. The molecule has 0 saturated carbocycles. The minimum Gasteiger partial charge on any atom is -0.494 e. The molecule has 214 valence electrons. The van der Waals surface area contributed by atoms with Crippen molar-refractivity contribution in [1.82, 2.24) is 25.1 Å². The average Bonchev–Trinajstić information content (AvgIpc) is 3.36. The molecule has 2 heterocycles. The molecule has 0 bridgehead atoms. The molecule has 1 aromatic carbocycles. The zero-order valence-electron chi connectivity index (χ0n) is 23.5. The zero-order valence-corrected chi connectivity index (χ0v) is 24.4. The van der Waals surface area contributed by atoms with Crippen molar-refractivity contribution < 1.29 is 22.6 Å². The lowest BCUT2D eigenvalue weighted by Gasteiger charge is -2.24. The van der Waals surface area contributed by atoms with E-state index in [2.05, 4.69) is 41.9 Å². The fourth-order valence-corrected chi connectivity index (χ4v) is 5.01. The van der Waals surface area contributed by atoms with E-state index in [1.54, 1.807) is 49.6 Å². The molecule has 0 amide bonds. The zero-order chi connectivity index (χ0) is 29.4. The first-order chi connectivity index (χ1) is 19.1. The Balaban J connectivity index is 2.20. The van der Waals surface area contributed by atoms with Gasteiger partial charge in [-0.3, -0.25) is 9.29 Å². The van der Waals surface area contributed by atoms with E-state index in [-0.39, 0.29) is 17.6 Å². The molecule has 14 heteroatoms. The highest BCUT2D eigenvalue weighted by molar-refractivity contribution is 7.93. The lowest BCUT2D eigenvalue weighted by Crippen LogP contribution is -2.47. The topological polar surface area (TPSA) is 154 Å². The SMILES string of the molecule is C=NC(=NC=C(C)C)[C@@H](NC)[C@H](C)S(=O)(=O)Nc1nnc(-c2cccc(OC)n2)n1-c1c(OC)cccc1OC. The number of amidine groups is 1. The van der Waals surface area contributed by atoms with E-state index in [4.69, 9.17) is 14.2 Å². The standard InChI is InChI=1S/C26H34N8O5S/c1-16(2)15-29-24(28-5)22(27-4)17(3)40(35,36)33-26-32-31-25(18-11-9-14-21(30-18)39-8)34(26)23-19(37-6)12-10-13-20(23)38-7/h9-15,17,22,27H,5H2,1-4,6-8H3,(H,32,33)/t17-,22-/m0/s1. The Kier molecular flexibility index (Phi) is 9.96. The van der Waals surface area contributed by atoms with Crippen molar-refractivity contribution >= 4 is 28.5 Å². The number of methoxy groups -OCH3 is 3. The van der Waals surface area contributed by atoms with Crippen molar-refractivity contribution in [1.29, 1.82) is 0 Å². The number of rotatable bonds is 12. The second-order valence-corrected chi connectivity index (χ2v) is 10.8. The second kappa shape index (κ2) is 13.2. The quantitative estimate of drug-likeness (QED) is 0.247. The summed E-state index contributed by atoms with van der Waals surface area (Å²) < 4.78 is 48.0. The molecule has 3 aromatic rings. The maximum absolute atomic E-state index is 13.7. The van der Waals surface area contributed by atoms with Crippen molar-refractivity contribution in [2.45, 2.75) is 32.1 Å². The number of aromatic nitrogens is 4. The number of aliphatic imine (C=N–C) groups is 2. The Labute approximate surface area is 234 Å². The second-order valence-electron chi connectivity index (χ2n) is 8.73. The maximum Gasteiger partial charge on any atom is 0.243 e. The van der Waals surface area contributed by atoms with Gasteiger partial charge >= 0.3 is 0 Å². The largest absolute Gasteiger partial charge is 0.494 e. The van der Waals surface area contributed by atoms with Crippen molar-refractivity contribution in [2.75, 3.05) is 33.1 Å². The molecule has 0 spiro atoms. The summed E-state index contributed by atoms with van der Waals surface area (Å²) in [5, 5.41) is 10.4. The third kappa shape index (κ3) is 6.46. The van der Waals surface area contributed by atoms with Gasteiger partial charge in [-0.2, -0.15) is 0 Å². The van der Waals surface area contributed by atoms with Gasteiger partial charge in [0.25, 0.3) is 0 Å². The predicted octanol–water partition coefficient (Wildman–Crippen LogP) is 3.10. The number of allylic oxidation sites excluding steroid dienone is 1. The number of benzene rings is 1. The third-order valence-corrected chi connectivity index (χ3v) is 7.57. The van der Waals surface area contributed by atoms with Crippen LogP contribution in [0, 0.1) is 0 Å². The number of pyridine rings is 1. The fraction of sp³-hybridized carbons (Fsp3) is 0.346. The summed E-state index contributed by atoms with van der Waals surface area (Å²) in [5.41, 5.74) is 1.66. The molecule has 40 heavy (non-hydrogen) atoms. The molecular weight excluding hydrogens is 536 g/mol. The number of anilines is 1. The highest BCUT2D eigenvalue weighted by atomic mass is 32.2. The van der Waals surface area contributed by atoms with Crippen LogP contribution in [0.4, 0.5) is 5.95 Å². The summed E-state index contributed by atoms with van der Waals surface area (Å²) in [6, 6.07) is 9.49. The molecule has 0 aliphatic carbocycles. The highest BCUT2D eigenvalue weighted by Crippen LogP contribution is 2.37. The Morgan fingerprint density at radius 1 is 1.05 bits per heavy atom. The summed E-state index contributed by atoms with van der Waals surface area (Å²) in [4.78, 5) is 12.7. The van der Waals surface area contributed by atoms with Gasteiger partial charge in [0.1, 0.15) is 34.0 Å². The van der Waals surface area contributed by atoms with Crippen LogP contribution in [0.2, 0.25) is 0 Å². The molecule has 3 rings (SSSR count). The molecule has 0 aliphatic rings. The van der Waals surface area contributed by atoms with Gasteiger partial charge in [-0.1, -0.05) is 17.7 Å². The molecule has 0 aliphatic heterocycles. The van der Waals surface area contributed by atoms with Gasteiger partial charge in [-0.15, -0.1) is 10.2 Å². The summed E-state index contributed by atoms with van der Waals surface area (Å²) in [5.74, 6) is 1.44. The number of sulfonamides is 1. The first kappa shape index (κ1) is 30.2. The molecule has 13 nitrogen and oxygen atoms in total. The van der Waals surface area contributed by atoms with Crippen LogP contribution in [0.5, 0.6) is 17.4 Å². The summed E-state index contributed by atoms with van der Waals surface area (Å²) in [7, 11) is 1.97. The summed E-state index contributed by atoms with van der Waals surface area (Å²) in [6.07, 6.45) is 1.60. The number of para-hydroxylation sites is 1. The van der Waals surface area contributed by atoms with Gasteiger partial charge in [0.2, 0.25) is 21.9 Å². The Morgan fingerprint density at radius 2 is 1.70 bits per heavy atom. The fourth-order valence-electron chi connectivity index (χ4n) is 3.82. The van der Waals surface area contributed by atoms with Crippen LogP contribution in [-0.4, -0.2) is 80.4 Å². The number of likely N-dealkylation sites (N-methyl/N-ethyl adjacent to an activating group) is 1. The smallest absolute Gasteiger partial charge is 0.243 e. The van der Waals surface area contributed by atoms with Gasteiger partial charge in [0.15, 0.2) is 5.82 Å². The lowest BCUT2D eigenvalue weighted by atomic mass is 10.2. The van der Waals surface area contributed by atoms with E-state index in [0.29, 0.717) is 28.8 Å². The molecule has 2 N–H and O–H groups in total. The van der Waals surface area contributed by atoms with Crippen LogP contribution in [0.1, 0.15) is 20.8 Å². The first-order valence-corrected chi connectivity index (χ1v) is 13.7. The van der Waals surface area contributed by atoms with E-state index in [1.807, 2.05) is 13.8 Å². The Hall–Kier alpha value is -4.30. The molecular formula is C26H34N8O5S. The number of ether oxygens (including phenoxy) is 3. The van der Waals surface area contributed by atoms with Crippen LogP contribution in [0.15, 0.2) is 58.2 Å². The van der Waals surface area contributed by atoms with Crippen LogP contribution in [0.3, 0.4) is 0 Å². The molecule has 2 aromatic heterocycles. The van der Waals surface area contributed by atoms with Crippen molar-refractivity contribution in [3.8, 4) is 34.6 Å². The summed E-state index contributed by atoms with van der Waals surface area (Å²) >= 11 is 0. The monoisotopic (exact) mass is 570 g/mol. The van der Waals surface area contributed by atoms with Crippen LogP contribution in [-0.2, 0) is 10.0 Å². The minimum absolute atomic E-state index is 0.113. The third-order valence-electron chi connectivity index (χ3n) is 5.85. The van der Waals surface area contributed by atoms with Crippen LogP contribution in [0.25, 0.3) is 17.2 Å². The van der Waals surface area contributed by atoms with Crippen molar-refractivity contribution in [2.24, 2.45) is 9.98 Å². The normalized spacial score (nSPS) is 13.2. The Bertz CT molecular complexity index is 1490. The molecule has 0 fully saturated rings. The highest BCUT2D eigenvalue weighted by Gasteiger charge is 2.34. The van der Waals surface area contributed by atoms with Gasteiger partial charge in [-0.25, -0.2) is 23.4 Å². The number of hydrogen-bond acceptors (Lipinski definition) is 10. The van der Waals surface area contributed by atoms with E-state index in [9.17, 15) is 8.42 Å². The maximum atomic E-state index is 13.7. The van der Waals surface area contributed by atoms with Crippen molar-refractivity contribution in [3.63, 3.8) is 0 Å². The van der Waals surface area contributed by atoms with E-state index in [0.717, 1.165) is 5.57 Å². The van der Waals surface area contributed by atoms with Crippen LogP contribution >= 0.6 is 0 Å². The van der Waals surface area contributed by atoms with Gasteiger partial charge in [-0.05, 0) is 52.7 Å². The molecule has 0 saturated heterocycles. The Morgan fingerprint density at radius 3 is 2.25 bits per heavy atom. The molecule has 2 atom stereocenters. The van der Waals surface area contributed by atoms with Crippen molar-refractivity contribution in [3.05, 3.63) is 48.2 Å². The lowest BCUT2D eigenvalue weighted by molar-refractivity contribution is 0.391. The summed E-state index contributed by atoms with van der Waals surface area (Å²) in [6.45, 7) is 8.83. The van der Waals surface area contributed by atoms with Crippen LogP contribution < -0.4 is 24.2 Å². The number of nitrogens with zero attached hydrogens (tertiary/aromatic N) is 6. The predicted molar refractivity (Wildman–Crippen MR) is 156 cm³/mol. The average molecular weight is 571 g/mol. The van der Waals surface area contributed by atoms with Gasteiger partial charge < -0.3 is 19.5 Å². The van der Waals surface area contributed by atoms with E-state index < -0.39 is 21.3 Å². The number of nitrogens with one attached hydrogen (secondary N) is 2. The van der Waals surface area contributed by atoms with Gasteiger partial charge in [0, 0.05) is 12.3 Å². The van der Waals surface area contributed by atoms with E-state index in [1.165, 1.54) is 32.8 Å². The molecule has 0 unspecified atom stereocenters. The van der Waals surface area contributed by atoms with E-state index >= 15 is 0 Å². The first-order valence-electron chi connectivity index (χ1n) is 12.2. The number of hydrogen-bond donors (Lipinski definition) is 2. The minimum atomic E-state index is -4.12. The van der Waals surface area contributed by atoms with Gasteiger partial charge in [0.05, 0.1) is 27.4 Å².